The summed E-state index contributed by atoms with van der Waals surface area (Å²) in [7, 11) is 0. The van der Waals surface area contributed by atoms with Crippen LogP contribution in [0.5, 0.6) is 5.75 Å². The number of halogens is 2. The van der Waals surface area contributed by atoms with E-state index in [1.54, 1.807) is 23.5 Å². The Morgan fingerprint density at radius 1 is 1.06 bits per heavy atom. The topological polar surface area (TPSA) is 31.4 Å². The van der Waals surface area contributed by atoms with Crippen LogP contribution in [0, 0.1) is 5.82 Å². The third-order valence-corrected chi connectivity index (χ3v) is 6.72. The molecule has 156 valence electrons. The fourth-order valence-electron chi connectivity index (χ4n) is 4.02. The molecule has 0 spiro atoms. The maximum absolute atomic E-state index is 13.7. The van der Waals surface area contributed by atoms with Crippen LogP contribution in [0.1, 0.15) is 32.8 Å². The van der Waals surface area contributed by atoms with Gasteiger partial charge in [-0.25, -0.2) is 4.39 Å². The monoisotopic (exact) mass is 451 g/mol. The maximum atomic E-state index is 13.7. The molecule has 0 fully saturated rings. The Morgan fingerprint density at radius 2 is 1.87 bits per heavy atom. The van der Waals surface area contributed by atoms with Gasteiger partial charge in [-0.1, -0.05) is 48.5 Å². The normalized spacial score (nSPS) is 17.5. The first-order valence-electron chi connectivity index (χ1n) is 9.90. The summed E-state index contributed by atoms with van der Waals surface area (Å²) in [6, 6.07) is 20.4. The quantitative estimate of drug-likeness (QED) is 0.317. The number of alkyl halides is 1. The van der Waals surface area contributed by atoms with E-state index in [2.05, 4.69) is 4.98 Å². The van der Waals surface area contributed by atoms with Gasteiger partial charge in [-0.2, -0.15) is 0 Å². The SMILES string of the molecule is Fc1ccc(C2(c3cccs3)OCc3c2cnc(CCl)c3OCc2ccccc2)cc1. The lowest BCUT2D eigenvalue weighted by Gasteiger charge is -2.29. The maximum Gasteiger partial charge on any atom is 0.155 e. The molecular weight excluding hydrogens is 433 g/mol. The van der Waals surface area contributed by atoms with Gasteiger partial charge in [-0.15, -0.1) is 22.9 Å². The molecule has 31 heavy (non-hydrogen) atoms. The number of thiophene rings is 1. The van der Waals surface area contributed by atoms with Crippen LogP contribution in [-0.2, 0) is 29.4 Å². The summed E-state index contributed by atoms with van der Waals surface area (Å²) in [5, 5.41) is 2.01. The lowest BCUT2D eigenvalue weighted by molar-refractivity contribution is 0.0288. The molecule has 3 heterocycles. The van der Waals surface area contributed by atoms with Gasteiger partial charge >= 0.3 is 0 Å². The van der Waals surface area contributed by atoms with E-state index in [1.807, 2.05) is 54.0 Å². The first-order valence-corrected chi connectivity index (χ1v) is 11.3. The summed E-state index contributed by atoms with van der Waals surface area (Å²) in [5.74, 6) is 0.614. The van der Waals surface area contributed by atoms with E-state index in [4.69, 9.17) is 21.1 Å². The third kappa shape index (κ3) is 3.53. The summed E-state index contributed by atoms with van der Waals surface area (Å²) in [6.45, 7) is 0.757. The first kappa shape index (κ1) is 20.2. The summed E-state index contributed by atoms with van der Waals surface area (Å²) in [6.07, 6.45) is 1.82. The standard InChI is InChI=1S/C25H19ClFNO2S/c26-13-22-24(29-15-17-5-2-1-3-6-17)20-16-30-25(21(20)14-28-22,23-7-4-12-31-23)18-8-10-19(27)11-9-18/h1-12,14H,13,15-16H2. The predicted octanol–water partition coefficient (Wildman–Crippen LogP) is 6.42. The van der Waals surface area contributed by atoms with E-state index in [0.717, 1.165) is 27.1 Å². The Labute approximate surface area is 189 Å². The Morgan fingerprint density at radius 3 is 2.58 bits per heavy atom. The van der Waals surface area contributed by atoms with Gasteiger partial charge in [0.05, 0.1) is 18.2 Å². The average Bonchev–Trinajstić information content (AvgIpc) is 3.47. The molecular formula is C25H19ClFNO2S. The Kier molecular flexibility index (Phi) is 5.48. The van der Waals surface area contributed by atoms with Crippen molar-refractivity contribution in [2.75, 3.05) is 0 Å². The number of fused-ring (bicyclic) bond motifs is 1. The molecule has 1 aliphatic rings. The number of ether oxygens (including phenoxy) is 2. The van der Waals surface area contributed by atoms with Crippen LogP contribution in [-0.4, -0.2) is 4.98 Å². The highest BCUT2D eigenvalue weighted by molar-refractivity contribution is 7.10. The molecule has 0 aliphatic carbocycles. The van der Waals surface area contributed by atoms with Crippen LogP contribution < -0.4 is 4.74 Å². The van der Waals surface area contributed by atoms with Crippen molar-refractivity contribution in [1.82, 2.24) is 4.98 Å². The van der Waals surface area contributed by atoms with Crippen molar-refractivity contribution in [1.29, 1.82) is 0 Å². The molecule has 1 unspecified atom stereocenters. The number of nitrogens with zero attached hydrogens (tertiary/aromatic N) is 1. The zero-order valence-corrected chi connectivity index (χ0v) is 18.1. The molecule has 0 N–H and O–H groups in total. The number of rotatable bonds is 6. The number of aromatic nitrogens is 1. The fourth-order valence-corrected chi connectivity index (χ4v) is 5.13. The molecule has 0 radical (unpaired) electrons. The van der Waals surface area contributed by atoms with Crippen LogP contribution in [0.3, 0.4) is 0 Å². The molecule has 0 saturated heterocycles. The Hall–Kier alpha value is -2.73. The van der Waals surface area contributed by atoms with E-state index in [0.29, 0.717) is 24.7 Å². The van der Waals surface area contributed by atoms with Crippen LogP contribution in [0.4, 0.5) is 4.39 Å². The average molecular weight is 452 g/mol. The smallest absolute Gasteiger partial charge is 0.155 e. The lowest BCUT2D eigenvalue weighted by atomic mass is 9.85. The lowest BCUT2D eigenvalue weighted by Crippen LogP contribution is -2.27. The van der Waals surface area contributed by atoms with E-state index >= 15 is 0 Å². The highest BCUT2D eigenvalue weighted by atomic mass is 35.5. The number of benzene rings is 2. The van der Waals surface area contributed by atoms with E-state index in [1.165, 1.54) is 12.1 Å². The highest BCUT2D eigenvalue weighted by Gasteiger charge is 2.46. The number of pyridine rings is 1. The number of hydrogen-bond donors (Lipinski definition) is 0. The van der Waals surface area contributed by atoms with E-state index < -0.39 is 5.60 Å². The van der Waals surface area contributed by atoms with Crippen molar-refractivity contribution in [2.45, 2.75) is 24.7 Å². The third-order valence-electron chi connectivity index (χ3n) is 5.49. The molecule has 3 nitrogen and oxygen atoms in total. The van der Waals surface area contributed by atoms with Crippen LogP contribution in [0.15, 0.2) is 78.3 Å². The second-order valence-corrected chi connectivity index (χ2v) is 8.50. The molecule has 2 aromatic heterocycles. The summed E-state index contributed by atoms with van der Waals surface area (Å²) in [5.41, 5.74) is 3.56. The molecule has 1 aliphatic heterocycles. The van der Waals surface area contributed by atoms with Crippen LogP contribution in [0.25, 0.3) is 0 Å². The highest BCUT2D eigenvalue weighted by Crippen LogP contribution is 2.51. The molecule has 2 aromatic carbocycles. The summed E-state index contributed by atoms with van der Waals surface area (Å²) in [4.78, 5) is 5.63. The van der Waals surface area contributed by atoms with Gasteiger partial charge in [0.25, 0.3) is 0 Å². The zero-order chi connectivity index (χ0) is 21.3. The fraction of sp³-hybridized carbons (Fsp3) is 0.160. The molecule has 0 bridgehead atoms. The number of hydrogen-bond acceptors (Lipinski definition) is 4. The van der Waals surface area contributed by atoms with Crippen molar-refractivity contribution in [3.05, 3.63) is 117 Å². The second kappa shape index (κ2) is 8.42. The van der Waals surface area contributed by atoms with Crippen molar-refractivity contribution in [3.8, 4) is 5.75 Å². The van der Waals surface area contributed by atoms with Gasteiger partial charge in [0.15, 0.2) is 5.60 Å². The first-order chi connectivity index (χ1) is 15.2. The van der Waals surface area contributed by atoms with Gasteiger partial charge in [-0.3, -0.25) is 4.98 Å². The van der Waals surface area contributed by atoms with Crippen molar-refractivity contribution >= 4 is 22.9 Å². The zero-order valence-electron chi connectivity index (χ0n) is 16.6. The van der Waals surface area contributed by atoms with Crippen LogP contribution >= 0.6 is 22.9 Å². The minimum Gasteiger partial charge on any atom is -0.487 e. The van der Waals surface area contributed by atoms with Gasteiger partial charge in [0.1, 0.15) is 18.2 Å². The van der Waals surface area contributed by atoms with E-state index in [9.17, 15) is 4.39 Å². The van der Waals surface area contributed by atoms with E-state index in [-0.39, 0.29) is 11.7 Å². The van der Waals surface area contributed by atoms with Crippen LogP contribution in [0.2, 0.25) is 0 Å². The molecule has 5 rings (SSSR count). The van der Waals surface area contributed by atoms with Crippen molar-refractivity contribution in [3.63, 3.8) is 0 Å². The van der Waals surface area contributed by atoms with Gasteiger partial charge in [0.2, 0.25) is 0 Å². The molecule has 0 amide bonds. The molecule has 0 saturated carbocycles. The largest absolute Gasteiger partial charge is 0.487 e. The summed E-state index contributed by atoms with van der Waals surface area (Å²) >= 11 is 7.79. The molecule has 4 aromatic rings. The van der Waals surface area contributed by atoms with Gasteiger partial charge in [-0.05, 0) is 34.7 Å². The minimum atomic E-state index is -0.861. The van der Waals surface area contributed by atoms with Crippen molar-refractivity contribution in [2.24, 2.45) is 0 Å². The Balaban J connectivity index is 1.63. The summed E-state index contributed by atoms with van der Waals surface area (Å²) < 4.78 is 26.4. The van der Waals surface area contributed by atoms with Gasteiger partial charge in [0, 0.05) is 22.2 Å². The molecule has 6 heteroatoms. The van der Waals surface area contributed by atoms with Gasteiger partial charge < -0.3 is 9.47 Å². The minimum absolute atomic E-state index is 0.236. The molecule has 1 atom stereocenters. The van der Waals surface area contributed by atoms with Crippen molar-refractivity contribution < 1.29 is 13.9 Å². The predicted molar refractivity (Wildman–Crippen MR) is 120 cm³/mol. The second-order valence-electron chi connectivity index (χ2n) is 7.29. The Bertz CT molecular complexity index is 1180.